The summed E-state index contributed by atoms with van der Waals surface area (Å²) < 4.78 is 0. The highest BCUT2D eigenvalue weighted by Crippen LogP contribution is 2.31. The van der Waals surface area contributed by atoms with E-state index in [1.165, 1.54) is 4.90 Å². The van der Waals surface area contributed by atoms with Crippen molar-refractivity contribution in [2.75, 3.05) is 5.32 Å². The normalized spacial score (nSPS) is 14.1. The largest absolute Gasteiger partial charge is 0.480 e. The predicted octanol–water partition coefficient (Wildman–Crippen LogP) is 5.36. The van der Waals surface area contributed by atoms with Crippen LogP contribution in [-0.2, 0) is 16.8 Å². The number of fused-ring (bicyclic) bond motifs is 1. The van der Waals surface area contributed by atoms with E-state index in [1.807, 2.05) is 36.4 Å². The number of hydrogen-bond donors (Lipinski definition) is 2. The fourth-order valence-corrected chi connectivity index (χ4v) is 4.45. The van der Waals surface area contributed by atoms with Crippen molar-refractivity contribution in [2.45, 2.75) is 52.6 Å². The number of nitrogens with zero attached hydrogens (tertiary/aromatic N) is 2. The third-order valence-corrected chi connectivity index (χ3v) is 6.49. The number of amides is 2. The molecule has 1 aliphatic heterocycles. The molecule has 4 rings (SSSR count). The third kappa shape index (κ3) is 5.00. The summed E-state index contributed by atoms with van der Waals surface area (Å²) in [5.74, 6) is -1.71. The number of pyridine rings is 1. The van der Waals surface area contributed by atoms with Gasteiger partial charge in [0.25, 0.3) is 11.8 Å². The Hall–Kier alpha value is -4.00. The average molecular weight is 486 g/mol. The van der Waals surface area contributed by atoms with Gasteiger partial charge in [0.2, 0.25) is 0 Å². The summed E-state index contributed by atoms with van der Waals surface area (Å²) in [6, 6.07) is 15.7. The smallest absolute Gasteiger partial charge is 0.326 e. The van der Waals surface area contributed by atoms with Crippen molar-refractivity contribution in [3.63, 3.8) is 0 Å². The molecule has 2 amide bonds. The van der Waals surface area contributed by atoms with E-state index < -0.39 is 12.0 Å². The Balaban J connectivity index is 1.48. The molecule has 0 saturated carbocycles. The number of benzene rings is 2. The van der Waals surface area contributed by atoms with Crippen LogP contribution in [0.1, 0.15) is 66.5 Å². The highest BCUT2D eigenvalue weighted by atomic mass is 16.4. The average Bonchev–Trinajstić information content (AvgIpc) is 3.14. The van der Waals surface area contributed by atoms with Gasteiger partial charge < -0.3 is 15.3 Å². The molecule has 0 saturated heterocycles. The molecular formula is C29H31N3O4. The number of carboxylic acids is 1. The third-order valence-electron chi connectivity index (χ3n) is 6.49. The second kappa shape index (κ2) is 9.57. The quantitative estimate of drug-likeness (QED) is 0.489. The Bertz CT molecular complexity index is 1310. The predicted molar refractivity (Wildman–Crippen MR) is 139 cm³/mol. The van der Waals surface area contributed by atoms with Crippen molar-refractivity contribution < 1.29 is 19.5 Å². The lowest BCUT2D eigenvalue weighted by Gasteiger charge is -2.27. The van der Waals surface area contributed by atoms with Crippen molar-refractivity contribution in [3.8, 4) is 11.3 Å². The Kier molecular flexibility index (Phi) is 6.67. The first-order chi connectivity index (χ1) is 17.0. The lowest BCUT2D eigenvalue weighted by Crippen LogP contribution is -2.44. The van der Waals surface area contributed by atoms with Gasteiger partial charge in [0.1, 0.15) is 6.04 Å². The van der Waals surface area contributed by atoms with Gasteiger partial charge in [-0.1, -0.05) is 58.9 Å². The Morgan fingerprint density at radius 3 is 2.28 bits per heavy atom. The minimum absolute atomic E-state index is 0.0155. The summed E-state index contributed by atoms with van der Waals surface area (Å²) in [5, 5.41) is 12.5. The van der Waals surface area contributed by atoms with Gasteiger partial charge in [-0.15, -0.1) is 0 Å². The van der Waals surface area contributed by atoms with E-state index in [9.17, 15) is 19.5 Å². The standard InChI is InChI=1S/C29H31N3O4/c1-17(2)25(28(35)36)32-16-20-7-6-19(14-23(20)27(32)34)24-13-12-22(15-30-24)31-26(33)18-8-10-21(11-9-18)29(3,4)5/h6-15,17,25H,16H2,1-5H3,(H,31,33)(H,35,36). The van der Waals surface area contributed by atoms with Crippen molar-refractivity contribution in [1.29, 1.82) is 0 Å². The molecule has 0 spiro atoms. The fourth-order valence-electron chi connectivity index (χ4n) is 4.45. The number of nitrogens with one attached hydrogen (secondary N) is 1. The minimum Gasteiger partial charge on any atom is -0.480 e. The zero-order valence-corrected chi connectivity index (χ0v) is 21.2. The van der Waals surface area contributed by atoms with Crippen LogP contribution in [0.5, 0.6) is 0 Å². The molecule has 1 aromatic heterocycles. The first-order valence-electron chi connectivity index (χ1n) is 12.0. The van der Waals surface area contributed by atoms with Crippen LogP contribution in [0.3, 0.4) is 0 Å². The Labute approximate surface area is 211 Å². The van der Waals surface area contributed by atoms with Gasteiger partial charge in [-0.3, -0.25) is 14.6 Å². The van der Waals surface area contributed by atoms with E-state index in [2.05, 4.69) is 31.1 Å². The monoisotopic (exact) mass is 485 g/mol. The molecule has 0 fully saturated rings. The number of carbonyl (C=O) groups is 3. The highest BCUT2D eigenvalue weighted by molar-refractivity contribution is 6.04. The molecule has 2 heterocycles. The minimum atomic E-state index is -1.00. The van der Waals surface area contributed by atoms with E-state index in [0.29, 0.717) is 22.5 Å². The number of anilines is 1. The van der Waals surface area contributed by atoms with Crippen LogP contribution in [0.4, 0.5) is 5.69 Å². The van der Waals surface area contributed by atoms with Gasteiger partial charge >= 0.3 is 5.97 Å². The first kappa shape index (κ1) is 25.1. The number of hydrogen-bond acceptors (Lipinski definition) is 4. The van der Waals surface area contributed by atoms with Crippen LogP contribution in [-0.4, -0.2) is 38.8 Å². The maximum Gasteiger partial charge on any atom is 0.326 e. The summed E-state index contributed by atoms with van der Waals surface area (Å²) in [5.41, 5.74) is 4.99. The van der Waals surface area contributed by atoms with Crippen LogP contribution in [0.15, 0.2) is 60.8 Å². The van der Waals surface area contributed by atoms with Gasteiger partial charge in [0.15, 0.2) is 0 Å². The molecule has 2 N–H and O–H groups in total. The SMILES string of the molecule is CC(C)C(C(=O)O)N1Cc2ccc(-c3ccc(NC(=O)c4ccc(C(C)(C)C)cc4)cn3)cc2C1=O. The molecule has 1 unspecified atom stereocenters. The summed E-state index contributed by atoms with van der Waals surface area (Å²) in [6.45, 7) is 10.2. The lowest BCUT2D eigenvalue weighted by atomic mass is 9.87. The Morgan fingerprint density at radius 1 is 1.03 bits per heavy atom. The van der Waals surface area contributed by atoms with E-state index >= 15 is 0 Å². The molecule has 2 aromatic carbocycles. The second-order valence-corrected chi connectivity index (χ2v) is 10.5. The lowest BCUT2D eigenvalue weighted by molar-refractivity contribution is -0.144. The van der Waals surface area contributed by atoms with Crippen LogP contribution in [0.25, 0.3) is 11.3 Å². The molecule has 1 aliphatic rings. The highest BCUT2D eigenvalue weighted by Gasteiger charge is 2.38. The van der Waals surface area contributed by atoms with Crippen molar-refractivity contribution in [2.24, 2.45) is 5.92 Å². The van der Waals surface area contributed by atoms with Gasteiger partial charge in [-0.2, -0.15) is 0 Å². The molecule has 36 heavy (non-hydrogen) atoms. The molecule has 186 valence electrons. The molecule has 0 radical (unpaired) electrons. The summed E-state index contributed by atoms with van der Waals surface area (Å²) in [6.07, 6.45) is 1.58. The number of carbonyl (C=O) groups excluding carboxylic acids is 2. The maximum atomic E-state index is 13.0. The maximum absolute atomic E-state index is 13.0. The first-order valence-corrected chi connectivity index (χ1v) is 12.0. The van der Waals surface area contributed by atoms with E-state index in [4.69, 9.17) is 0 Å². The van der Waals surface area contributed by atoms with E-state index in [0.717, 1.165) is 16.7 Å². The number of carboxylic acid groups (broad SMARTS) is 1. The van der Waals surface area contributed by atoms with Crippen molar-refractivity contribution in [1.82, 2.24) is 9.88 Å². The molecule has 7 heteroatoms. The second-order valence-electron chi connectivity index (χ2n) is 10.5. The van der Waals surface area contributed by atoms with Crippen LogP contribution in [0, 0.1) is 5.92 Å². The van der Waals surface area contributed by atoms with E-state index in [-0.39, 0.29) is 29.7 Å². The van der Waals surface area contributed by atoms with E-state index in [1.54, 1.807) is 38.2 Å². The van der Waals surface area contributed by atoms with Gasteiger partial charge in [0, 0.05) is 23.2 Å². The van der Waals surface area contributed by atoms with Gasteiger partial charge in [-0.05, 0) is 52.8 Å². The number of rotatable bonds is 6. The molecule has 0 aliphatic carbocycles. The summed E-state index contributed by atoms with van der Waals surface area (Å²) >= 11 is 0. The Morgan fingerprint density at radius 2 is 1.72 bits per heavy atom. The van der Waals surface area contributed by atoms with Crippen LogP contribution in [0.2, 0.25) is 0 Å². The van der Waals surface area contributed by atoms with Crippen molar-refractivity contribution >= 4 is 23.5 Å². The van der Waals surface area contributed by atoms with Crippen LogP contribution >= 0.6 is 0 Å². The topological polar surface area (TPSA) is 99.6 Å². The number of aliphatic carboxylic acids is 1. The van der Waals surface area contributed by atoms with Crippen molar-refractivity contribution in [3.05, 3.63) is 83.0 Å². The van der Waals surface area contributed by atoms with Gasteiger partial charge in [0.05, 0.1) is 17.6 Å². The zero-order valence-electron chi connectivity index (χ0n) is 21.2. The summed E-state index contributed by atoms with van der Waals surface area (Å²) in [4.78, 5) is 43.3. The molecule has 7 nitrogen and oxygen atoms in total. The van der Waals surface area contributed by atoms with Gasteiger partial charge in [-0.25, -0.2) is 4.79 Å². The van der Waals surface area contributed by atoms with Crippen LogP contribution < -0.4 is 5.32 Å². The fraction of sp³-hybridized carbons (Fsp3) is 0.310. The molecule has 1 atom stereocenters. The number of aromatic nitrogens is 1. The molecular weight excluding hydrogens is 454 g/mol. The summed E-state index contributed by atoms with van der Waals surface area (Å²) in [7, 11) is 0. The molecule has 0 bridgehead atoms. The zero-order chi connectivity index (χ0) is 26.2. The molecule has 3 aromatic rings.